The van der Waals surface area contributed by atoms with Gasteiger partial charge in [0.05, 0.1) is 6.10 Å². The van der Waals surface area contributed by atoms with Gasteiger partial charge in [0.15, 0.2) is 0 Å². The fourth-order valence-electron chi connectivity index (χ4n) is 2.36. The highest BCUT2D eigenvalue weighted by Gasteiger charge is 2.18. The van der Waals surface area contributed by atoms with Crippen LogP contribution < -0.4 is 5.32 Å². The molecule has 1 rings (SSSR count). The van der Waals surface area contributed by atoms with E-state index in [2.05, 4.69) is 18.5 Å². The number of thioether (sulfide) groups is 1. The van der Waals surface area contributed by atoms with E-state index in [1.807, 2.05) is 11.8 Å². The van der Waals surface area contributed by atoms with Crippen molar-refractivity contribution in [3.63, 3.8) is 0 Å². The summed E-state index contributed by atoms with van der Waals surface area (Å²) in [6.07, 6.45) is 8.37. The number of nitrogens with one attached hydrogen (secondary N) is 1. The van der Waals surface area contributed by atoms with E-state index in [1.54, 1.807) is 0 Å². The summed E-state index contributed by atoms with van der Waals surface area (Å²) >= 11 is 1.85. The molecule has 1 fully saturated rings. The first-order chi connectivity index (χ1) is 7.22. The summed E-state index contributed by atoms with van der Waals surface area (Å²) in [5, 5.41) is 13.2. The second-order valence-electron chi connectivity index (χ2n) is 4.80. The third kappa shape index (κ3) is 5.79. The highest BCUT2D eigenvalue weighted by atomic mass is 32.2. The van der Waals surface area contributed by atoms with Gasteiger partial charge in [-0.3, -0.25) is 0 Å². The van der Waals surface area contributed by atoms with E-state index in [0.29, 0.717) is 6.04 Å². The van der Waals surface area contributed by atoms with Crippen LogP contribution in [0.1, 0.15) is 39.0 Å². The van der Waals surface area contributed by atoms with Crippen molar-refractivity contribution in [2.45, 2.75) is 51.2 Å². The zero-order chi connectivity index (χ0) is 11.1. The van der Waals surface area contributed by atoms with Gasteiger partial charge in [-0.25, -0.2) is 0 Å². The van der Waals surface area contributed by atoms with E-state index in [0.717, 1.165) is 24.6 Å². The molecule has 0 heterocycles. The third-order valence-electron chi connectivity index (χ3n) is 3.20. The Balaban J connectivity index is 2.04. The summed E-state index contributed by atoms with van der Waals surface area (Å²) in [5.41, 5.74) is 0. The van der Waals surface area contributed by atoms with E-state index >= 15 is 0 Å². The minimum absolute atomic E-state index is 0.141. The molecule has 0 aromatic rings. The average molecular weight is 231 g/mol. The SMILES string of the molecule is CSCC(C)NCC(O)CC1CCCC1. The number of rotatable bonds is 7. The third-order valence-corrected chi connectivity index (χ3v) is 4.03. The first-order valence-electron chi connectivity index (χ1n) is 6.12. The minimum Gasteiger partial charge on any atom is -0.392 e. The van der Waals surface area contributed by atoms with Gasteiger partial charge in [-0.05, 0) is 25.5 Å². The average Bonchev–Trinajstić information content (AvgIpc) is 2.68. The second kappa shape index (κ2) is 7.53. The largest absolute Gasteiger partial charge is 0.392 e. The molecule has 1 aliphatic carbocycles. The van der Waals surface area contributed by atoms with E-state index < -0.39 is 0 Å². The zero-order valence-electron chi connectivity index (χ0n) is 10.0. The molecule has 0 spiro atoms. The zero-order valence-corrected chi connectivity index (χ0v) is 10.9. The van der Waals surface area contributed by atoms with Crippen LogP contribution in [-0.4, -0.2) is 35.8 Å². The molecule has 15 heavy (non-hydrogen) atoms. The van der Waals surface area contributed by atoms with Crippen molar-refractivity contribution in [2.24, 2.45) is 5.92 Å². The van der Waals surface area contributed by atoms with Crippen LogP contribution in [0, 0.1) is 5.92 Å². The highest BCUT2D eigenvalue weighted by Crippen LogP contribution is 2.28. The molecule has 0 bridgehead atoms. The quantitative estimate of drug-likeness (QED) is 0.705. The lowest BCUT2D eigenvalue weighted by Crippen LogP contribution is -2.35. The monoisotopic (exact) mass is 231 g/mol. The van der Waals surface area contributed by atoms with Crippen molar-refractivity contribution >= 4 is 11.8 Å². The van der Waals surface area contributed by atoms with Crippen LogP contribution in [0.2, 0.25) is 0 Å². The molecule has 0 radical (unpaired) electrons. The van der Waals surface area contributed by atoms with Crippen LogP contribution in [-0.2, 0) is 0 Å². The maximum Gasteiger partial charge on any atom is 0.0667 e. The summed E-state index contributed by atoms with van der Waals surface area (Å²) in [5.74, 6) is 1.91. The van der Waals surface area contributed by atoms with Gasteiger partial charge in [-0.1, -0.05) is 25.7 Å². The van der Waals surface area contributed by atoms with Crippen LogP contribution in [0.5, 0.6) is 0 Å². The van der Waals surface area contributed by atoms with Gasteiger partial charge in [0, 0.05) is 18.3 Å². The number of aliphatic hydroxyl groups excluding tert-OH is 1. The van der Waals surface area contributed by atoms with Crippen molar-refractivity contribution in [1.29, 1.82) is 0 Å². The Morgan fingerprint density at radius 1 is 1.40 bits per heavy atom. The van der Waals surface area contributed by atoms with Crippen molar-refractivity contribution in [1.82, 2.24) is 5.32 Å². The van der Waals surface area contributed by atoms with E-state index in [-0.39, 0.29) is 6.10 Å². The molecule has 0 aliphatic heterocycles. The lowest BCUT2D eigenvalue weighted by Gasteiger charge is -2.18. The first kappa shape index (κ1) is 13.3. The van der Waals surface area contributed by atoms with E-state index in [4.69, 9.17) is 0 Å². The molecule has 1 saturated carbocycles. The fourth-order valence-corrected chi connectivity index (χ4v) is 2.98. The van der Waals surface area contributed by atoms with Crippen molar-refractivity contribution in [2.75, 3.05) is 18.6 Å². The molecule has 2 atom stereocenters. The Morgan fingerprint density at radius 2 is 2.07 bits per heavy atom. The summed E-state index contributed by atoms with van der Waals surface area (Å²) < 4.78 is 0. The van der Waals surface area contributed by atoms with Crippen LogP contribution in [0.15, 0.2) is 0 Å². The maximum atomic E-state index is 9.86. The molecule has 2 unspecified atom stereocenters. The van der Waals surface area contributed by atoms with Crippen LogP contribution in [0.3, 0.4) is 0 Å². The van der Waals surface area contributed by atoms with Crippen molar-refractivity contribution in [3.05, 3.63) is 0 Å². The Hall–Kier alpha value is 0.270. The fraction of sp³-hybridized carbons (Fsp3) is 1.00. The minimum atomic E-state index is -0.141. The molecule has 0 aromatic carbocycles. The van der Waals surface area contributed by atoms with Gasteiger partial charge in [0.25, 0.3) is 0 Å². The van der Waals surface area contributed by atoms with Crippen LogP contribution in [0.4, 0.5) is 0 Å². The van der Waals surface area contributed by atoms with E-state index in [9.17, 15) is 5.11 Å². The lowest BCUT2D eigenvalue weighted by molar-refractivity contribution is 0.138. The summed E-state index contributed by atoms with van der Waals surface area (Å²) in [4.78, 5) is 0. The van der Waals surface area contributed by atoms with Gasteiger partial charge in [0.2, 0.25) is 0 Å². The molecular formula is C12H25NOS. The Morgan fingerprint density at radius 3 is 2.67 bits per heavy atom. The van der Waals surface area contributed by atoms with Crippen molar-refractivity contribution < 1.29 is 5.11 Å². The van der Waals surface area contributed by atoms with Crippen LogP contribution >= 0.6 is 11.8 Å². The lowest BCUT2D eigenvalue weighted by atomic mass is 10.00. The van der Waals surface area contributed by atoms with Crippen molar-refractivity contribution in [3.8, 4) is 0 Å². The summed E-state index contributed by atoms with van der Waals surface area (Å²) in [6, 6.07) is 0.512. The van der Waals surface area contributed by atoms with Gasteiger partial charge in [-0.2, -0.15) is 11.8 Å². The summed E-state index contributed by atoms with van der Waals surface area (Å²) in [6.45, 7) is 2.94. The molecule has 2 nitrogen and oxygen atoms in total. The summed E-state index contributed by atoms with van der Waals surface area (Å²) in [7, 11) is 0. The Kier molecular flexibility index (Phi) is 6.69. The highest BCUT2D eigenvalue weighted by molar-refractivity contribution is 7.98. The molecule has 3 heteroatoms. The first-order valence-corrected chi connectivity index (χ1v) is 7.52. The van der Waals surface area contributed by atoms with Gasteiger partial charge in [-0.15, -0.1) is 0 Å². The molecule has 2 N–H and O–H groups in total. The number of hydrogen-bond acceptors (Lipinski definition) is 3. The predicted octanol–water partition coefficient (Wildman–Crippen LogP) is 2.27. The molecular weight excluding hydrogens is 206 g/mol. The smallest absolute Gasteiger partial charge is 0.0667 e. The molecule has 1 aliphatic rings. The van der Waals surface area contributed by atoms with Gasteiger partial charge >= 0.3 is 0 Å². The number of aliphatic hydroxyl groups is 1. The van der Waals surface area contributed by atoms with Gasteiger partial charge < -0.3 is 10.4 Å². The Bertz CT molecular complexity index is 160. The topological polar surface area (TPSA) is 32.3 Å². The molecule has 90 valence electrons. The maximum absolute atomic E-state index is 9.86. The second-order valence-corrected chi connectivity index (χ2v) is 5.72. The number of hydrogen-bond donors (Lipinski definition) is 2. The van der Waals surface area contributed by atoms with Crippen LogP contribution in [0.25, 0.3) is 0 Å². The standard InChI is InChI=1S/C12H25NOS/c1-10(9-15-2)13-8-12(14)7-11-5-3-4-6-11/h10-14H,3-9H2,1-2H3. The van der Waals surface area contributed by atoms with E-state index in [1.165, 1.54) is 25.7 Å². The molecule has 0 amide bonds. The Labute approximate surface area is 98.2 Å². The molecule has 0 aromatic heterocycles. The predicted molar refractivity (Wildman–Crippen MR) is 68.4 cm³/mol. The normalized spacial score (nSPS) is 21.8. The molecule has 0 saturated heterocycles. The van der Waals surface area contributed by atoms with Gasteiger partial charge in [0.1, 0.15) is 0 Å².